The Morgan fingerprint density at radius 2 is 1.39 bits per heavy atom. The molecule has 0 bridgehead atoms. The second-order valence-corrected chi connectivity index (χ2v) is 9.68. The number of hydrogen-bond donors (Lipinski definition) is 0. The van der Waals surface area contributed by atoms with E-state index in [0.29, 0.717) is 0 Å². The Hall–Kier alpha value is -1.80. The fourth-order valence-electron chi connectivity index (χ4n) is 4.20. The van der Waals surface area contributed by atoms with E-state index in [0.717, 1.165) is 47.6 Å². The third kappa shape index (κ3) is 8.00. The van der Waals surface area contributed by atoms with Crippen molar-refractivity contribution in [3.63, 3.8) is 0 Å². The maximum Gasteiger partial charge on any atom is 0.186 e. The van der Waals surface area contributed by atoms with Crippen LogP contribution in [0.2, 0.25) is 0 Å². The highest BCUT2D eigenvalue weighted by molar-refractivity contribution is 9.11. The van der Waals surface area contributed by atoms with Crippen molar-refractivity contribution in [1.82, 2.24) is 9.97 Å². The van der Waals surface area contributed by atoms with Crippen LogP contribution in [-0.4, -0.2) is 49.7 Å². The average Bonchev–Trinajstić information content (AvgIpc) is 3.30. The molecule has 0 atom stereocenters. The molecule has 31 heavy (non-hydrogen) atoms. The molecule has 6 nitrogen and oxygen atoms in total. The molecule has 0 saturated carbocycles. The zero-order valence-electron chi connectivity index (χ0n) is 18.9. The summed E-state index contributed by atoms with van der Waals surface area (Å²) in [5, 5.41) is 1.17. The largest absolute Gasteiger partial charge is 0.357 e. The van der Waals surface area contributed by atoms with Crippen LogP contribution in [0.15, 0.2) is 28.3 Å². The molecule has 0 aliphatic carbocycles. The molecule has 0 unspecified atom stereocenters. The molecule has 2 aromatic heterocycles. The zero-order valence-corrected chi connectivity index (χ0v) is 21.3. The summed E-state index contributed by atoms with van der Waals surface area (Å²) in [7, 11) is 0. The van der Waals surface area contributed by atoms with Crippen molar-refractivity contribution < 1.29 is 9.59 Å². The van der Waals surface area contributed by atoms with E-state index in [1.54, 1.807) is 11.3 Å². The van der Waals surface area contributed by atoms with Gasteiger partial charge in [0.05, 0.1) is 9.98 Å². The number of hydrogen-bond acceptors (Lipinski definition) is 7. The second-order valence-electron chi connectivity index (χ2n) is 7.29. The zero-order chi connectivity index (χ0) is 23.2. The number of rotatable bonds is 3. The van der Waals surface area contributed by atoms with E-state index in [1.807, 2.05) is 39.8 Å². The summed E-state index contributed by atoms with van der Waals surface area (Å²) in [4.78, 5) is 30.0. The van der Waals surface area contributed by atoms with Gasteiger partial charge < -0.3 is 19.4 Å². The highest BCUT2D eigenvalue weighted by atomic mass is 79.9. The number of carbonyl (C=O) groups is 2. The predicted molar refractivity (Wildman–Crippen MR) is 134 cm³/mol. The highest BCUT2D eigenvalue weighted by Gasteiger charge is 2.30. The molecule has 2 aromatic rings. The second kappa shape index (κ2) is 15.1. The van der Waals surface area contributed by atoms with E-state index in [4.69, 9.17) is 9.59 Å². The first-order valence-electron chi connectivity index (χ1n) is 10.8. The minimum absolute atomic E-state index is 0.881. The molecule has 172 valence electrons. The highest BCUT2D eigenvalue weighted by Crippen LogP contribution is 2.36. The third-order valence-corrected chi connectivity index (χ3v) is 7.24. The molecule has 0 spiro atoms. The first kappa shape index (κ1) is 27.2. The van der Waals surface area contributed by atoms with Gasteiger partial charge in [0, 0.05) is 32.4 Å². The quantitative estimate of drug-likeness (QED) is 0.550. The van der Waals surface area contributed by atoms with Gasteiger partial charge in [-0.2, -0.15) is 0 Å². The van der Waals surface area contributed by atoms with E-state index in [2.05, 4.69) is 54.8 Å². The topological polar surface area (TPSA) is 66.4 Å². The van der Waals surface area contributed by atoms with E-state index < -0.39 is 0 Å². The lowest BCUT2D eigenvalue weighted by atomic mass is 9.79. The molecular weight excluding hydrogens is 476 g/mol. The summed E-state index contributed by atoms with van der Waals surface area (Å²) >= 11 is 5.27. The molecule has 4 rings (SSSR count). The number of anilines is 2. The van der Waals surface area contributed by atoms with E-state index in [-0.39, 0.29) is 0 Å². The van der Waals surface area contributed by atoms with Crippen molar-refractivity contribution in [2.75, 3.05) is 36.0 Å². The van der Waals surface area contributed by atoms with Crippen LogP contribution in [0, 0.1) is 18.8 Å². The van der Waals surface area contributed by atoms with Crippen molar-refractivity contribution in [2.24, 2.45) is 11.8 Å². The molecule has 2 aliphatic rings. The minimum Gasteiger partial charge on any atom is -0.357 e. The van der Waals surface area contributed by atoms with Gasteiger partial charge in [0.15, 0.2) is 5.13 Å². The maximum absolute atomic E-state index is 8.00. The van der Waals surface area contributed by atoms with Crippen LogP contribution in [0.5, 0.6) is 0 Å². The van der Waals surface area contributed by atoms with Gasteiger partial charge >= 0.3 is 0 Å². The van der Waals surface area contributed by atoms with Gasteiger partial charge in [-0.25, -0.2) is 9.97 Å². The third-order valence-electron chi connectivity index (χ3n) is 5.70. The van der Waals surface area contributed by atoms with E-state index in [9.17, 15) is 0 Å². The SMILES string of the molecule is C=O.C=O.CC.Cc1ccc(N2CCC(C3CCN(c4ncc(Br)s4)CC3)CC2)nc1. The number of carbonyl (C=O) groups excluding carboxylic acids is 2. The molecule has 0 radical (unpaired) electrons. The Morgan fingerprint density at radius 3 is 1.81 bits per heavy atom. The predicted octanol–water partition coefficient (Wildman–Crippen LogP) is 5.40. The number of piperidine rings is 2. The number of aromatic nitrogens is 2. The van der Waals surface area contributed by atoms with Gasteiger partial charge in [-0.3, -0.25) is 0 Å². The van der Waals surface area contributed by atoms with Crippen LogP contribution < -0.4 is 9.80 Å². The molecule has 0 N–H and O–H groups in total. The van der Waals surface area contributed by atoms with Crippen LogP contribution in [0.4, 0.5) is 10.9 Å². The van der Waals surface area contributed by atoms with Gasteiger partial charge in [-0.1, -0.05) is 31.3 Å². The fraction of sp³-hybridized carbons (Fsp3) is 0.565. The van der Waals surface area contributed by atoms with Crippen molar-refractivity contribution >= 4 is 51.8 Å². The molecular formula is C23H35BrN4O2S. The fourth-order valence-corrected chi connectivity index (χ4v) is 5.43. The molecule has 0 amide bonds. The lowest BCUT2D eigenvalue weighted by Crippen LogP contribution is -2.41. The monoisotopic (exact) mass is 510 g/mol. The van der Waals surface area contributed by atoms with Crippen LogP contribution in [0.1, 0.15) is 45.1 Å². The summed E-state index contributed by atoms with van der Waals surface area (Å²) < 4.78 is 1.13. The molecule has 2 fully saturated rings. The van der Waals surface area contributed by atoms with Crippen molar-refractivity contribution in [3.8, 4) is 0 Å². The van der Waals surface area contributed by atoms with Gasteiger partial charge in [0.25, 0.3) is 0 Å². The van der Waals surface area contributed by atoms with Gasteiger partial charge in [-0.05, 0) is 72.0 Å². The minimum atomic E-state index is 0.881. The summed E-state index contributed by atoms with van der Waals surface area (Å²) in [6.45, 7) is 14.7. The Balaban J connectivity index is 0.000000739. The molecule has 2 saturated heterocycles. The Labute approximate surface area is 199 Å². The Morgan fingerprint density at radius 1 is 0.871 bits per heavy atom. The van der Waals surface area contributed by atoms with Crippen molar-refractivity contribution in [3.05, 3.63) is 33.9 Å². The lowest BCUT2D eigenvalue weighted by Gasteiger charge is -2.40. The van der Waals surface area contributed by atoms with Crippen LogP contribution in [-0.2, 0) is 9.59 Å². The number of thiazole rings is 1. The molecule has 2 aliphatic heterocycles. The van der Waals surface area contributed by atoms with Crippen molar-refractivity contribution in [2.45, 2.75) is 46.5 Å². The average molecular weight is 512 g/mol. The van der Waals surface area contributed by atoms with Gasteiger partial charge in [0.2, 0.25) is 0 Å². The van der Waals surface area contributed by atoms with Crippen LogP contribution >= 0.6 is 27.3 Å². The summed E-state index contributed by atoms with van der Waals surface area (Å²) in [5.41, 5.74) is 1.23. The summed E-state index contributed by atoms with van der Waals surface area (Å²) in [6, 6.07) is 4.33. The number of halogens is 1. The van der Waals surface area contributed by atoms with Gasteiger partial charge in [0.1, 0.15) is 19.4 Å². The van der Waals surface area contributed by atoms with Crippen molar-refractivity contribution in [1.29, 1.82) is 0 Å². The standard InChI is InChI=1S/C19H25BrN4S.C2H6.2CH2O/c1-14-2-3-18(21-12-14)23-8-4-15(5-9-23)16-6-10-24(11-7-16)19-22-13-17(20)25-19;3*1-2/h2-3,12-13,15-16H,4-11H2,1H3;1-2H3;2*1H2. The lowest BCUT2D eigenvalue weighted by molar-refractivity contribution is -0.0987. The first-order chi connectivity index (χ1) is 15.2. The number of nitrogens with zero attached hydrogens (tertiary/aromatic N) is 4. The van der Waals surface area contributed by atoms with Crippen LogP contribution in [0.3, 0.4) is 0 Å². The normalized spacial score (nSPS) is 16.8. The van der Waals surface area contributed by atoms with Crippen LogP contribution in [0.25, 0.3) is 0 Å². The molecule has 4 heterocycles. The Kier molecular flexibility index (Phi) is 13.2. The van der Waals surface area contributed by atoms with E-state index in [1.165, 1.54) is 36.4 Å². The first-order valence-corrected chi connectivity index (χ1v) is 12.4. The molecule has 0 aromatic carbocycles. The molecule has 8 heteroatoms. The summed E-state index contributed by atoms with van der Waals surface area (Å²) in [6.07, 6.45) is 9.14. The number of aryl methyl sites for hydroxylation is 1. The summed E-state index contributed by atoms with van der Waals surface area (Å²) in [5.74, 6) is 2.91. The van der Waals surface area contributed by atoms with Gasteiger partial charge in [-0.15, -0.1) is 0 Å². The number of pyridine rings is 1. The Bertz CT molecular complexity index is 725. The smallest absolute Gasteiger partial charge is 0.186 e. The maximum atomic E-state index is 8.00. The van der Waals surface area contributed by atoms with E-state index >= 15 is 0 Å².